The second-order valence-corrected chi connectivity index (χ2v) is 5.23. The van der Waals surface area contributed by atoms with Crippen molar-refractivity contribution in [3.05, 3.63) is 22.3 Å². The second kappa shape index (κ2) is 6.15. The maximum Gasteiger partial charge on any atom is 0.341 e. The second-order valence-electron chi connectivity index (χ2n) is 4.32. The van der Waals surface area contributed by atoms with E-state index in [2.05, 4.69) is 26.2 Å². The number of nitrogens with zero attached hydrogens (tertiary/aromatic N) is 1. The van der Waals surface area contributed by atoms with E-state index < -0.39 is 5.97 Å². The lowest BCUT2D eigenvalue weighted by molar-refractivity contribution is 0.0689. The highest BCUT2D eigenvalue weighted by molar-refractivity contribution is 9.10. The normalized spacial score (nSPS) is 16.5. The van der Waals surface area contributed by atoms with E-state index in [0.29, 0.717) is 17.0 Å². The highest BCUT2D eigenvalue weighted by atomic mass is 79.9. The van der Waals surface area contributed by atoms with Gasteiger partial charge >= 0.3 is 5.97 Å². The van der Waals surface area contributed by atoms with Crippen molar-refractivity contribution < 1.29 is 14.6 Å². The minimum absolute atomic E-state index is 0.0957. The van der Waals surface area contributed by atoms with Crippen molar-refractivity contribution in [2.75, 3.05) is 19.7 Å². The Kier molecular flexibility index (Phi) is 4.54. The summed E-state index contributed by atoms with van der Waals surface area (Å²) in [6.45, 7) is 2.51. The van der Waals surface area contributed by atoms with Crippen LogP contribution in [0.15, 0.2) is 16.7 Å². The van der Waals surface area contributed by atoms with Gasteiger partial charge in [0, 0.05) is 10.7 Å². The summed E-state index contributed by atoms with van der Waals surface area (Å²) in [6.07, 6.45) is 3.65. The van der Waals surface area contributed by atoms with E-state index in [1.54, 1.807) is 6.20 Å². The highest BCUT2D eigenvalue weighted by Gasteiger charge is 2.17. The number of ether oxygens (including phenoxy) is 1. The first-order chi connectivity index (χ1) is 8.66. The van der Waals surface area contributed by atoms with Crippen LogP contribution in [0.25, 0.3) is 0 Å². The van der Waals surface area contributed by atoms with Crippen molar-refractivity contribution in [1.29, 1.82) is 0 Å². The highest BCUT2D eigenvalue weighted by Crippen LogP contribution is 2.21. The molecule has 1 fully saturated rings. The van der Waals surface area contributed by atoms with E-state index >= 15 is 0 Å². The Morgan fingerprint density at radius 3 is 2.94 bits per heavy atom. The summed E-state index contributed by atoms with van der Waals surface area (Å²) in [7, 11) is 0. The van der Waals surface area contributed by atoms with Crippen molar-refractivity contribution in [1.82, 2.24) is 10.3 Å². The first kappa shape index (κ1) is 13.3. The van der Waals surface area contributed by atoms with E-state index in [-0.39, 0.29) is 11.4 Å². The molecule has 2 heterocycles. The monoisotopic (exact) mass is 314 g/mol. The number of carboxylic acid groups (broad SMARTS) is 1. The first-order valence-corrected chi connectivity index (χ1v) is 6.68. The van der Waals surface area contributed by atoms with Gasteiger partial charge in [-0.05, 0) is 53.8 Å². The van der Waals surface area contributed by atoms with E-state index in [0.717, 1.165) is 25.9 Å². The number of aromatic carboxylic acids is 1. The number of carboxylic acids is 1. The standard InChI is InChI=1S/C12H15BrN2O3/c13-9-5-10(12(16)17)11(15-6-9)18-7-8-1-3-14-4-2-8/h5-6,8,14H,1-4,7H2,(H,16,17). The van der Waals surface area contributed by atoms with Gasteiger partial charge in [0.1, 0.15) is 5.56 Å². The van der Waals surface area contributed by atoms with Gasteiger partial charge in [0.15, 0.2) is 0 Å². The lowest BCUT2D eigenvalue weighted by Crippen LogP contribution is -2.30. The molecule has 0 amide bonds. The SMILES string of the molecule is O=C(O)c1cc(Br)cnc1OCC1CCNCC1. The van der Waals surface area contributed by atoms with Gasteiger partial charge in [-0.15, -0.1) is 0 Å². The summed E-state index contributed by atoms with van der Waals surface area (Å²) in [5.74, 6) is -0.355. The third kappa shape index (κ3) is 3.43. The fraction of sp³-hybridized carbons (Fsp3) is 0.500. The number of piperidine rings is 1. The van der Waals surface area contributed by atoms with Gasteiger partial charge in [0.2, 0.25) is 5.88 Å². The third-order valence-corrected chi connectivity index (χ3v) is 3.40. The quantitative estimate of drug-likeness (QED) is 0.888. The molecule has 5 nitrogen and oxygen atoms in total. The zero-order valence-corrected chi connectivity index (χ0v) is 11.4. The molecule has 2 rings (SSSR count). The molecule has 0 spiro atoms. The summed E-state index contributed by atoms with van der Waals surface area (Å²) in [5.41, 5.74) is 0.0957. The van der Waals surface area contributed by atoms with Gasteiger partial charge in [0.25, 0.3) is 0 Å². The molecule has 0 aromatic carbocycles. The summed E-state index contributed by atoms with van der Waals surface area (Å²) in [6, 6.07) is 1.51. The van der Waals surface area contributed by atoms with E-state index in [1.165, 1.54) is 6.07 Å². The van der Waals surface area contributed by atoms with Gasteiger partial charge in [-0.25, -0.2) is 9.78 Å². The van der Waals surface area contributed by atoms with Crippen LogP contribution in [0.5, 0.6) is 5.88 Å². The van der Waals surface area contributed by atoms with Gasteiger partial charge in [-0.3, -0.25) is 0 Å². The molecule has 0 bridgehead atoms. The molecule has 0 unspecified atom stereocenters. The van der Waals surface area contributed by atoms with E-state index in [4.69, 9.17) is 9.84 Å². The maximum absolute atomic E-state index is 11.1. The van der Waals surface area contributed by atoms with Crippen molar-refractivity contribution in [3.8, 4) is 5.88 Å². The third-order valence-electron chi connectivity index (χ3n) is 2.96. The Morgan fingerprint density at radius 2 is 2.28 bits per heavy atom. The molecule has 1 aromatic heterocycles. The molecule has 1 aromatic rings. The fourth-order valence-corrected chi connectivity index (χ4v) is 2.27. The van der Waals surface area contributed by atoms with Crippen LogP contribution in [0.1, 0.15) is 23.2 Å². The zero-order chi connectivity index (χ0) is 13.0. The summed E-state index contributed by atoms with van der Waals surface area (Å²) in [4.78, 5) is 15.1. The summed E-state index contributed by atoms with van der Waals surface area (Å²) in [5, 5.41) is 12.4. The number of rotatable bonds is 4. The van der Waals surface area contributed by atoms with Gasteiger partial charge in [0.05, 0.1) is 6.61 Å². The molecular formula is C12H15BrN2O3. The molecule has 2 N–H and O–H groups in total. The number of nitrogens with one attached hydrogen (secondary N) is 1. The summed E-state index contributed by atoms with van der Waals surface area (Å²) >= 11 is 3.20. The maximum atomic E-state index is 11.1. The number of pyridine rings is 1. The first-order valence-electron chi connectivity index (χ1n) is 5.89. The van der Waals surface area contributed by atoms with Crippen molar-refractivity contribution in [2.45, 2.75) is 12.8 Å². The Bertz CT molecular complexity index is 433. The van der Waals surface area contributed by atoms with Crippen LogP contribution in [-0.2, 0) is 0 Å². The molecule has 0 radical (unpaired) electrons. The van der Waals surface area contributed by atoms with Crippen LogP contribution >= 0.6 is 15.9 Å². The average molecular weight is 315 g/mol. The molecule has 1 aliphatic rings. The van der Waals surface area contributed by atoms with Crippen LogP contribution < -0.4 is 10.1 Å². The van der Waals surface area contributed by atoms with Crippen LogP contribution in [0.4, 0.5) is 0 Å². The van der Waals surface area contributed by atoms with Crippen LogP contribution in [0, 0.1) is 5.92 Å². The molecular weight excluding hydrogens is 300 g/mol. The van der Waals surface area contributed by atoms with Gasteiger partial charge in [-0.2, -0.15) is 0 Å². The van der Waals surface area contributed by atoms with Gasteiger partial charge in [-0.1, -0.05) is 0 Å². The van der Waals surface area contributed by atoms with Crippen LogP contribution in [0.2, 0.25) is 0 Å². The topological polar surface area (TPSA) is 71.5 Å². The number of halogens is 1. The molecule has 0 aliphatic carbocycles. The lowest BCUT2D eigenvalue weighted by Gasteiger charge is -2.22. The van der Waals surface area contributed by atoms with Crippen molar-refractivity contribution >= 4 is 21.9 Å². The van der Waals surface area contributed by atoms with Gasteiger partial charge < -0.3 is 15.2 Å². The van der Waals surface area contributed by atoms with E-state index in [1.807, 2.05) is 0 Å². The Labute approximate surface area is 114 Å². The Morgan fingerprint density at radius 1 is 1.56 bits per heavy atom. The van der Waals surface area contributed by atoms with Crippen LogP contribution in [0.3, 0.4) is 0 Å². The Hall–Kier alpha value is -1.14. The smallest absolute Gasteiger partial charge is 0.341 e. The molecule has 18 heavy (non-hydrogen) atoms. The lowest BCUT2D eigenvalue weighted by atomic mass is 9.99. The van der Waals surface area contributed by atoms with Crippen molar-refractivity contribution in [3.63, 3.8) is 0 Å². The largest absolute Gasteiger partial charge is 0.477 e. The molecule has 98 valence electrons. The average Bonchev–Trinajstić information content (AvgIpc) is 2.38. The Balaban J connectivity index is 2.01. The fourth-order valence-electron chi connectivity index (χ4n) is 1.94. The molecule has 6 heteroatoms. The zero-order valence-electron chi connectivity index (χ0n) is 9.86. The number of hydrogen-bond donors (Lipinski definition) is 2. The predicted octanol–water partition coefficient (Wildman–Crippen LogP) is 1.92. The number of aromatic nitrogens is 1. The molecule has 0 atom stereocenters. The molecule has 0 saturated carbocycles. The van der Waals surface area contributed by atoms with Crippen LogP contribution in [-0.4, -0.2) is 35.8 Å². The molecule has 1 aliphatic heterocycles. The predicted molar refractivity (Wildman–Crippen MR) is 70.0 cm³/mol. The van der Waals surface area contributed by atoms with Crippen molar-refractivity contribution in [2.24, 2.45) is 5.92 Å². The minimum atomic E-state index is -1.02. The number of hydrogen-bond acceptors (Lipinski definition) is 4. The molecule has 1 saturated heterocycles. The van der Waals surface area contributed by atoms with E-state index in [9.17, 15) is 4.79 Å². The summed E-state index contributed by atoms with van der Waals surface area (Å²) < 4.78 is 6.19. The number of carbonyl (C=O) groups is 1. The minimum Gasteiger partial charge on any atom is -0.477 e.